The average molecular weight is 398 g/mol. The lowest BCUT2D eigenvalue weighted by atomic mass is 9.93. The number of rotatable bonds is 3. The highest BCUT2D eigenvalue weighted by atomic mass is 16.8. The number of nitrogens with zero attached hydrogens (tertiary/aromatic N) is 4. The van der Waals surface area contributed by atoms with E-state index in [2.05, 4.69) is 10.2 Å². The summed E-state index contributed by atoms with van der Waals surface area (Å²) in [4.78, 5) is 25.3. The van der Waals surface area contributed by atoms with Crippen molar-refractivity contribution >= 4 is 11.7 Å². The van der Waals surface area contributed by atoms with E-state index in [-0.39, 0.29) is 5.69 Å². The van der Waals surface area contributed by atoms with E-state index in [1.54, 1.807) is 30.8 Å². The van der Waals surface area contributed by atoms with Gasteiger partial charge in [0, 0.05) is 19.9 Å². The van der Waals surface area contributed by atoms with Crippen LogP contribution in [-0.2, 0) is 21.3 Å². The SMILES string of the molecule is Cc1c(/N=N/C2=C(O)OC3(CCCCC3)OC2=O)c(=O)n(-c2ccccc2)n1C. The number of hydrogen-bond acceptors (Lipinski definition) is 7. The molecule has 0 amide bonds. The molecule has 4 rings (SSSR count). The van der Waals surface area contributed by atoms with Gasteiger partial charge in [0.25, 0.3) is 17.0 Å². The van der Waals surface area contributed by atoms with E-state index < -0.39 is 29.0 Å². The average Bonchev–Trinajstić information content (AvgIpc) is 2.91. The largest absolute Gasteiger partial charge is 0.479 e. The maximum atomic E-state index is 12.9. The Bertz CT molecular complexity index is 1060. The summed E-state index contributed by atoms with van der Waals surface area (Å²) < 4.78 is 14.0. The van der Waals surface area contributed by atoms with Gasteiger partial charge in [-0.3, -0.25) is 9.48 Å². The van der Waals surface area contributed by atoms with Gasteiger partial charge in [-0.1, -0.05) is 24.6 Å². The lowest BCUT2D eigenvalue weighted by Gasteiger charge is -2.38. The van der Waals surface area contributed by atoms with Gasteiger partial charge >= 0.3 is 11.9 Å². The van der Waals surface area contributed by atoms with Crippen LogP contribution in [0, 0.1) is 6.92 Å². The van der Waals surface area contributed by atoms with Crippen LogP contribution in [0.3, 0.4) is 0 Å². The summed E-state index contributed by atoms with van der Waals surface area (Å²) in [6.07, 6.45) is 3.76. The minimum atomic E-state index is -1.12. The molecular formula is C20H22N4O5. The van der Waals surface area contributed by atoms with Gasteiger partial charge in [0.05, 0.1) is 11.4 Å². The fraction of sp³-hybridized carbons (Fsp3) is 0.400. The van der Waals surface area contributed by atoms with Crippen molar-refractivity contribution in [1.82, 2.24) is 9.36 Å². The molecule has 2 aromatic rings. The zero-order valence-corrected chi connectivity index (χ0v) is 16.3. The minimum Gasteiger partial charge on any atom is -0.479 e. The van der Waals surface area contributed by atoms with Crippen molar-refractivity contribution in [3.63, 3.8) is 0 Å². The van der Waals surface area contributed by atoms with E-state index in [9.17, 15) is 14.7 Å². The summed E-state index contributed by atoms with van der Waals surface area (Å²) in [7, 11) is 1.73. The summed E-state index contributed by atoms with van der Waals surface area (Å²) in [6, 6.07) is 9.10. The highest BCUT2D eigenvalue weighted by Crippen LogP contribution is 2.38. The molecule has 9 nitrogen and oxygen atoms in total. The van der Waals surface area contributed by atoms with Crippen LogP contribution in [0.15, 0.2) is 57.0 Å². The second-order valence-corrected chi connectivity index (χ2v) is 7.23. The number of aromatic nitrogens is 2. The van der Waals surface area contributed by atoms with E-state index in [0.717, 1.165) is 19.3 Å². The number of ether oxygens (including phenoxy) is 2. The number of carbonyl (C=O) groups is 1. The minimum absolute atomic E-state index is 0.0578. The van der Waals surface area contributed by atoms with E-state index in [0.29, 0.717) is 24.2 Å². The zero-order chi connectivity index (χ0) is 20.6. The molecule has 0 atom stereocenters. The predicted molar refractivity (Wildman–Crippen MR) is 103 cm³/mol. The Balaban J connectivity index is 1.67. The number of aliphatic hydroxyl groups is 1. The number of carbonyl (C=O) groups excluding carboxylic acids is 1. The molecule has 1 aromatic heterocycles. The molecule has 1 aliphatic carbocycles. The van der Waals surface area contributed by atoms with E-state index in [4.69, 9.17) is 9.47 Å². The molecule has 2 heterocycles. The smallest absolute Gasteiger partial charge is 0.369 e. The van der Waals surface area contributed by atoms with Crippen LogP contribution in [0.4, 0.5) is 5.69 Å². The monoisotopic (exact) mass is 398 g/mol. The van der Waals surface area contributed by atoms with Gasteiger partial charge in [0.1, 0.15) is 0 Å². The third-order valence-corrected chi connectivity index (χ3v) is 5.35. The Kier molecular flexibility index (Phi) is 4.73. The van der Waals surface area contributed by atoms with Crippen LogP contribution in [0.1, 0.15) is 37.8 Å². The Hall–Kier alpha value is -3.36. The maximum Gasteiger partial charge on any atom is 0.369 e. The molecule has 1 N–H and O–H groups in total. The van der Waals surface area contributed by atoms with E-state index >= 15 is 0 Å². The quantitative estimate of drug-likeness (QED) is 0.629. The zero-order valence-electron chi connectivity index (χ0n) is 16.3. The highest BCUT2D eigenvalue weighted by molar-refractivity contribution is 5.89. The van der Waals surface area contributed by atoms with Crippen molar-refractivity contribution in [2.75, 3.05) is 0 Å². The van der Waals surface area contributed by atoms with E-state index in [1.807, 2.05) is 18.2 Å². The Morgan fingerprint density at radius 1 is 1.03 bits per heavy atom. The van der Waals surface area contributed by atoms with E-state index in [1.165, 1.54) is 4.68 Å². The first-order valence-electron chi connectivity index (χ1n) is 9.53. The molecule has 152 valence electrons. The first-order valence-corrected chi connectivity index (χ1v) is 9.53. The molecule has 0 radical (unpaired) electrons. The Labute approximate surface area is 166 Å². The third-order valence-electron chi connectivity index (χ3n) is 5.35. The summed E-state index contributed by atoms with van der Waals surface area (Å²) in [6.45, 7) is 1.72. The Morgan fingerprint density at radius 3 is 2.38 bits per heavy atom. The normalized spacial score (nSPS) is 18.9. The molecule has 1 spiro atoms. The van der Waals surface area contributed by atoms with Gasteiger partial charge in [-0.05, 0) is 31.9 Å². The second-order valence-electron chi connectivity index (χ2n) is 7.23. The van der Waals surface area contributed by atoms with Gasteiger partial charge in [0.2, 0.25) is 0 Å². The van der Waals surface area contributed by atoms with Gasteiger partial charge in [0.15, 0.2) is 5.69 Å². The number of para-hydroxylation sites is 1. The summed E-state index contributed by atoms with van der Waals surface area (Å²) in [5.41, 5.74) is 0.439. The number of hydrogen-bond donors (Lipinski definition) is 1. The summed E-state index contributed by atoms with van der Waals surface area (Å²) >= 11 is 0. The van der Waals surface area contributed by atoms with Gasteiger partial charge < -0.3 is 14.6 Å². The lowest BCUT2D eigenvalue weighted by Crippen LogP contribution is -2.43. The number of aliphatic hydroxyl groups excluding tert-OH is 1. The first-order chi connectivity index (χ1) is 13.9. The van der Waals surface area contributed by atoms with Crippen LogP contribution in [0.25, 0.3) is 5.69 Å². The molecule has 1 aliphatic heterocycles. The van der Waals surface area contributed by atoms with Crippen molar-refractivity contribution < 1.29 is 19.4 Å². The molecule has 2 aliphatic rings. The second kappa shape index (κ2) is 7.23. The van der Waals surface area contributed by atoms with Crippen molar-refractivity contribution in [3.05, 3.63) is 58.0 Å². The van der Waals surface area contributed by atoms with Crippen molar-refractivity contribution in [1.29, 1.82) is 0 Å². The molecule has 0 bridgehead atoms. The molecule has 29 heavy (non-hydrogen) atoms. The summed E-state index contributed by atoms with van der Waals surface area (Å²) in [5, 5.41) is 18.0. The number of esters is 1. The van der Waals surface area contributed by atoms with Crippen LogP contribution in [-0.4, -0.2) is 26.2 Å². The Morgan fingerprint density at radius 2 is 1.72 bits per heavy atom. The van der Waals surface area contributed by atoms with Crippen LogP contribution in [0.5, 0.6) is 0 Å². The fourth-order valence-electron chi connectivity index (χ4n) is 3.70. The van der Waals surface area contributed by atoms with Crippen LogP contribution in [0.2, 0.25) is 0 Å². The third kappa shape index (κ3) is 3.32. The van der Waals surface area contributed by atoms with Crippen LogP contribution < -0.4 is 5.56 Å². The van der Waals surface area contributed by atoms with Gasteiger partial charge in [-0.2, -0.15) is 0 Å². The molecule has 1 fully saturated rings. The first kappa shape index (κ1) is 19.0. The van der Waals surface area contributed by atoms with Crippen molar-refractivity contribution in [2.24, 2.45) is 17.3 Å². The standard InChI is InChI=1S/C20H22N4O5/c1-13-15(17(25)24(23(13)2)14-9-5-3-6-10-14)21-22-16-18(26)28-20(29-19(16)27)11-7-4-8-12-20/h3,5-6,9-10,26H,4,7-8,11-12H2,1-2H3/b22-21+. The molecular weight excluding hydrogens is 376 g/mol. The molecule has 9 heteroatoms. The lowest BCUT2D eigenvalue weighted by molar-refractivity contribution is -0.249. The predicted octanol–water partition coefficient (Wildman–Crippen LogP) is 3.53. The number of azo groups is 1. The topological polar surface area (TPSA) is 107 Å². The number of benzene rings is 1. The molecule has 1 aromatic carbocycles. The van der Waals surface area contributed by atoms with Crippen molar-refractivity contribution in [3.8, 4) is 5.69 Å². The molecule has 0 unspecified atom stereocenters. The van der Waals surface area contributed by atoms with Gasteiger partial charge in [-0.25, -0.2) is 9.48 Å². The summed E-state index contributed by atoms with van der Waals surface area (Å²) in [5.74, 6) is -2.55. The van der Waals surface area contributed by atoms with Crippen molar-refractivity contribution in [2.45, 2.75) is 44.8 Å². The molecule has 0 saturated heterocycles. The molecule has 1 saturated carbocycles. The fourth-order valence-corrected chi connectivity index (χ4v) is 3.70. The van der Waals surface area contributed by atoms with Crippen LogP contribution >= 0.6 is 0 Å². The highest BCUT2D eigenvalue weighted by Gasteiger charge is 2.45. The maximum absolute atomic E-state index is 12.9. The van der Waals surface area contributed by atoms with Gasteiger partial charge in [-0.15, -0.1) is 10.2 Å².